The van der Waals surface area contributed by atoms with E-state index in [2.05, 4.69) is 10.4 Å². The summed E-state index contributed by atoms with van der Waals surface area (Å²) >= 11 is 0. The van der Waals surface area contributed by atoms with Gasteiger partial charge in [-0.1, -0.05) is 0 Å². The molecule has 0 aliphatic rings. The van der Waals surface area contributed by atoms with Crippen molar-refractivity contribution in [3.05, 3.63) is 22.5 Å². The van der Waals surface area contributed by atoms with Crippen molar-refractivity contribution in [1.29, 1.82) is 0 Å². The van der Waals surface area contributed by atoms with E-state index in [0.717, 1.165) is 6.20 Å². The molecule has 0 aliphatic heterocycles. The predicted molar refractivity (Wildman–Crippen MR) is 71.3 cm³/mol. The van der Waals surface area contributed by atoms with E-state index in [4.69, 9.17) is 0 Å². The van der Waals surface area contributed by atoms with Gasteiger partial charge in [0.05, 0.1) is 17.6 Å². The summed E-state index contributed by atoms with van der Waals surface area (Å²) in [6, 6.07) is 0.0347. The van der Waals surface area contributed by atoms with Crippen molar-refractivity contribution in [1.82, 2.24) is 15.1 Å². The molecule has 2 N–H and O–H groups in total. The average molecular weight is 290 g/mol. The Kier molecular flexibility index (Phi) is 6.06. The molecule has 19 heavy (non-hydrogen) atoms. The topological polar surface area (TPSA) is 110 Å². The zero-order valence-corrected chi connectivity index (χ0v) is 11.7. The third-order valence-corrected chi connectivity index (χ3v) is 3.38. The van der Waals surface area contributed by atoms with Crippen LogP contribution >= 0.6 is 0 Å². The van der Waals surface area contributed by atoms with Crippen molar-refractivity contribution in [3.8, 4) is 0 Å². The molecule has 9 heteroatoms. The molecular formula is C10H18N4O4S. The van der Waals surface area contributed by atoms with Crippen LogP contribution in [-0.2, 0) is 17.3 Å². The first-order valence-electron chi connectivity index (χ1n) is 5.76. The lowest BCUT2D eigenvalue weighted by Crippen LogP contribution is -2.38. The molecule has 0 fully saturated rings. The molecule has 0 saturated heterocycles. The molecule has 0 amide bonds. The summed E-state index contributed by atoms with van der Waals surface area (Å²) in [5, 5.41) is 27.1. The Balaban J connectivity index is 2.36. The molecule has 0 spiro atoms. The SMILES string of the molecule is CC(CS(C)=O)NCC(O)Cn1cc([N+](=O)[O-])cn1. The molecule has 8 nitrogen and oxygen atoms in total. The third-order valence-electron chi connectivity index (χ3n) is 2.41. The first-order valence-corrected chi connectivity index (χ1v) is 7.49. The highest BCUT2D eigenvalue weighted by Gasteiger charge is 2.13. The van der Waals surface area contributed by atoms with Crippen LogP contribution in [0, 0.1) is 10.1 Å². The highest BCUT2D eigenvalue weighted by Crippen LogP contribution is 2.07. The number of aliphatic hydroxyl groups excluding tert-OH is 1. The summed E-state index contributed by atoms with van der Waals surface area (Å²) in [6.07, 6.45) is 3.32. The van der Waals surface area contributed by atoms with E-state index in [1.165, 1.54) is 10.9 Å². The summed E-state index contributed by atoms with van der Waals surface area (Å²) in [7, 11) is -0.887. The van der Waals surface area contributed by atoms with Crippen LogP contribution in [0.3, 0.4) is 0 Å². The first-order chi connectivity index (χ1) is 8.88. The van der Waals surface area contributed by atoms with Crippen molar-refractivity contribution < 1.29 is 14.2 Å². The van der Waals surface area contributed by atoms with Gasteiger partial charge in [-0.15, -0.1) is 0 Å². The van der Waals surface area contributed by atoms with E-state index in [1.807, 2.05) is 6.92 Å². The maximum atomic E-state index is 11.0. The van der Waals surface area contributed by atoms with Gasteiger partial charge in [-0.2, -0.15) is 5.10 Å². The van der Waals surface area contributed by atoms with E-state index < -0.39 is 21.8 Å². The fourth-order valence-corrected chi connectivity index (χ4v) is 2.40. The van der Waals surface area contributed by atoms with Crippen LogP contribution in [0.15, 0.2) is 12.4 Å². The first kappa shape index (κ1) is 15.7. The lowest BCUT2D eigenvalue weighted by molar-refractivity contribution is -0.385. The van der Waals surface area contributed by atoms with Crippen molar-refractivity contribution >= 4 is 16.5 Å². The summed E-state index contributed by atoms with van der Waals surface area (Å²) in [4.78, 5) is 9.93. The molecule has 1 aromatic heterocycles. The second-order valence-corrected chi connectivity index (χ2v) is 5.86. The van der Waals surface area contributed by atoms with Gasteiger partial charge in [0.2, 0.25) is 0 Å². The Labute approximate surface area is 113 Å². The van der Waals surface area contributed by atoms with Crippen LogP contribution in [0.25, 0.3) is 0 Å². The molecule has 1 rings (SSSR count). The molecule has 0 aliphatic carbocycles. The summed E-state index contributed by atoms with van der Waals surface area (Å²) in [5.74, 6) is 0.514. The van der Waals surface area contributed by atoms with Crippen LogP contribution in [0.2, 0.25) is 0 Å². The van der Waals surface area contributed by atoms with Crippen LogP contribution in [0.5, 0.6) is 0 Å². The Morgan fingerprint density at radius 2 is 2.37 bits per heavy atom. The second-order valence-electron chi connectivity index (χ2n) is 4.38. The number of rotatable bonds is 8. The van der Waals surface area contributed by atoms with Gasteiger partial charge in [0.1, 0.15) is 12.4 Å². The van der Waals surface area contributed by atoms with Crippen molar-refractivity contribution in [2.24, 2.45) is 0 Å². The molecule has 1 heterocycles. The molecule has 1 aromatic rings. The summed E-state index contributed by atoms with van der Waals surface area (Å²) < 4.78 is 12.3. The van der Waals surface area contributed by atoms with Gasteiger partial charge in [0.25, 0.3) is 0 Å². The van der Waals surface area contributed by atoms with Gasteiger partial charge in [-0.05, 0) is 6.92 Å². The molecule has 3 atom stereocenters. The zero-order valence-electron chi connectivity index (χ0n) is 10.9. The maximum Gasteiger partial charge on any atom is 0.306 e. The van der Waals surface area contributed by atoms with E-state index in [1.54, 1.807) is 6.26 Å². The minimum absolute atomic E-state index is 0.0347. The smallest absolute Gasteiger partial charge is 0.306 e. The third kappa shape index (κ3) is 5.90. The normalized spacial score (nSPS) is 15.9. The van der Waals surface area contributed by atoms with Crippen LogP contribution < -0.4 is 5.32 Å². The summed E-state index contributed by atoms with van der Waals surface area (Å²) in [6.45, 7) is 2.36. The Bertz CT molecular complexity index is 450. The fourth-order valence-electron chi connectivity index (χ4n) is 1.58. The minimum atomic E-state index is -0.887. The van der Waals surface area contributed by atoms with Gasteiger partial charge < -0.3 is 10.4 Å². The summed E-state index contributed by atoms with van der Waals surface area (Å²) in [5.41, 5.74) is -0.102. The second kappa shape index (κ2) is 7.31. The molecule has 0 radical (unpaired) electrons. The number of nitrogens with one attached hydrogen (secondary N) is 1. The number of hydrogen-bond donors (Lipinski definition) is 2. The number of hydrogen-bond acceptors (Lipinski definition) is 6. The predicted octanol–water partition coefficient (Wildman–Crippen LogP) is -0.491. The lowest BCUT2D eigenvalue weighted by atomic mass is 10.3. The largest absolute Gasteiger partial charge is 0.390 e. The van der Waals surface area contributed by atoms with E-state index in [0.29, 0.717) is 12.3 Å². The highest BCUT2D eigenvalue weighted by atomic mass is 32.2. The zero-order chi connectivity index (χ0) is 14.4. The fraction of sp³-hybridized carbons (Fsp3) is 0.700. The van der Waals surface area contributed by atoms with Crippen LogP contribution in [0.1, 0.15) is 6.92 Å². The lowest BCUT2D eigenvalue weighted by Gasteiger charge is -2.16. The maximum absolute atomic E-state index is 11.0. The minimum Gasteiger partial charge on any atom is -0.390 e. The van der Waals surface area contributed by atoms with Gasteiger partial charge in [0.15, 0.2) is 0 Å². The number of nitrogens with zero attached hydrogens (tertiary/aromatic N) is 3. The van der Waals surface area contributed by atoms with Gasteiger partial charge in [-0.25, -0.2) is 0 Å². The highest BCUT2D eigenvalue weighted by molar-refractivity contribution is 7.84. The standard InChI is InChI=1S/C10H18N4O4S/c1-8(7-19(2)18)11-4-10(15)6-13-5-9(3-12-13)14(16)17/h3,5,8,10-11,15H,4,6-7H2,1-2H3. The Morgan fingerprint density at radius 3 is 2.89 bits per heavy atom. The number of nitro groups is 1. The number of aliphatic hydroxyl groups is 1. The molecule has 0 saturated carbocycles. The molecule has 0 bridgehead atoms. The Hall–Kier alpha value is -1.32. The van der Waals surface area contributed by atoms with Crippen molar-refractivity contribution in [2.45, 2.75) is 25.6 Å². The van der Waals surface area contributed by atoms with Gasteiger partial charge >= 0.3 is 5.69 Å². The van der Waals surface area contributed by atoms with Gasteiger partial charge in [-0.3, -0.25) is 19.0 Å². The molecule has 0 aromatic carbocycles. The Morgan fingerprint density at radius 1 is 1.68 bits per heavy atom. The van der Waals surface area contributed by atoms with Crippen molar-refractivity contribution in [2.75, 3.05) is 18.6 Å². The quantitative estimate of drug-likeness (QED) is 0.494. The van der Waals surface area contributed by atoms with Crippen LogP contribution in [-0.4, -0.2) is 54.7 Å². The average Bonchev–Trinajstić information content (AvgIpc) is 2.74. The van der Waals surface area contributed by atoms with Gasteiger partial charge in [0, 0.05) is 35.4 Å². The van der Waals surface area contributed by atoms with Crippen molar-refractivity contribution in [3.63, 3.8) is 0 Å². The molecule has 108 valence electrons. The van der Waals surface area contributed by atoms with E-state index >= 15 is 0 Å². The number of aromatic nitrogens is 2. The van der Waals surface area contributed by atoms with E-state index in [-0.39, 0.29) is 18.3 Å². The molecule has 3 unspecified atom stereocenters. The monoisotopic (exact) mass is 290 g/mol. The van der Waals surface area contributed by atoms with Crippen LogP contribution in [0.4, 0.5) is 5.69 Å². The van der Waals surface area contributed by atoms with E-state index in [9.17, 15) is 19.4 Å². The molecular weight excluding hydrogens is 272 g/mol.